The molecule has 3 rings (SSSR count). The van der Waals surface area contributed by atoms with Crippen LogP contribution in [-0.2, 0) is 14.3 Å². The standard InChI is InChI=1S/C23H22N2O5/c1-3-29-23(28)24-18-11-6-10-17(14-18)22(27)30-15(2)21(26)25-20-13-7-9-16-8-4-5-12-19(16)20/h4-15H,3H2,1-2H3,(H,24,28)(H,25,26). The van der Waals surface area contributed by atoms with Gasteiger partial charge in [-0.1, -0.05) is 42.5 Å². The predicted molar refractivity (Wildman–Crippen MR) is 115 cm³/mol. The molecule has 2 amide bonds. The molecule has 0 saturated carbocycles. The number of nitrogens with one attached hydrogen (secondary N) is 2. The molecule has 1 unspecified atom stereocenters. The van der Waals surface area contributed by atoms with Gasteiger partial charge in [-0.15, -0.1) is 0 Å². The zero-order valence-electron chi connectivity index (χ0n) is 16.7. The topological polar surface area (TPSA) is 93.7 Å². The summed E-state index contributed by atoms with van der Waals surface area (Å²) >= 11 is 0. The third kappa shape index (κ3) is 5.14. The van der Waals surface area contributed by atoms with Gasteiger partial charge in [-0.3, -0.25) is 10.1 Å². The fraction of sp³-hybridized carbons (Fsp3) is 0.174. The highest BCUT2D eigenvalue weighted by atomic mass is 16.6. The van der Waals surface area contributed by atoms with Gasteiger partial charge in [0.1, 0.15) is 0 Å². The molecule has 0 heterocycles. The second-order valence-electron chi connectivity index (χ2n) is 6.49. The Bertz CT molecular complexity index is 1070. The number of anilines is 2. The Labute approximate surface area is 174 Å². The molecule has 30 heavy (non-hydrogen) atoms. The second-order valence-corrected chi connectivity index (χ2v) is 6.49. The first-order valence-electron chi connectivity index (χ1n) is 9.51. The normalized spacial score (nSPS) is 11.4. The summed E-state index contributed by atoms with van der Waals surface area (Å²) in [4.78, 5) is 36.5. The van der Waals surface area contributed by atoms with E-state index in [1.54, 1.807) is 25.1 Å². The molecule has 3 aromatic rings. The van der Waals surface area contributed by atoms with Crippen LogP contribution in [0.1, 0.15) is 24.2 Å². The van der Waals surface area contributed by atoms with Crippen LogP contribution in [0.25, 0.3) is 10.8 Å². The first kappa shape index (κ1) is 20.9. The van der Waals surface area contributed by atoms with Crippen LogP contribution in [0.3, 0.4) is 0 Å². The van der Waals surface area contributed by atoms with E-state index in [1.165, 1.54) is 19.1 Å². The number of hydrogen-bond donors (Lipinski definition) is 2. The molecule has 7 nitrogen and oxygen atoms in total. The number of ether oxygens (including phenoxy) is 2. The molecule has 0 saturated heterocycles. The van der Waals surface area contributed by atoms with E-state index in [4.69, 9.17) is 9.47 Å². The molecule has 2 N–H and O–H groups in total. The maximum absolute atomic E-state index is 12.5. The van der Waals surface area contributed by atoms with Gasteiger partial charge in [0.15, 0.2) is 6.10 Å². The molecule has 0 fully saturated rings. The smallest absolute Gasteiger partial charge is 0.411 e. The number of fused-ring (bicyclic) bond motifs is 1. The first-order valence-corrected chi connectivity index (χ1v) is 9.51. The lowest BCUT2D eigenvalue weighted by atomic mass is 10.1. The second kappa shape index (κ2) is 9.56. The summed E-state index contributed by atoms with van der Waals surface area (Å²) in [7, 11) is 0. The predicted octanol–water partition coefficient (Wildman–Crippen LogP) is 4.59. The lowest BCUT2D eigenvalue weighted by Crippen LogP contribution is -2.30. The van der Waals surface area contributed by atoms with Crippen molar-refractivity contribution in [2.24, 2.45) is 0 Å². The molecular formula is C23H22N2O5. The van der Waals surface area contributed by atoms with Crippen molar-refractivity contribution >= 4 is 40.1 Å². The van der Waals surface area contributed by atoms with Crippen molar-refractivity contribution in [3.05, 3.63) is 72.3 Å². The van der Waals surface area contributed by atoms with Crippen LogP contribution >= 0.6 is 0 Å². The largest absolute Gasteiger partial charge is 0.450 e. The fourth-order valence-electron chi connectivity index (χ4n) is 2.86. The number of amides is 2. The Morgan fingerprint density at radius 3 is 2.47 bits per heavy atom. The molecule has 0 spiro atoms. The number of carbonyl (C=O) groups is 3. The molecule has 0 radical (unpaired) electrons. The Balaban J connectivity index is 1.65. The van der Waals surface area contributed by atoms with Crippen molar-refractivity contribution < 1.29 is 23.9 Å². The van der Waals surface area contributed by atoms with Gasteiger partial charge in [0.05, 0.1) is 12.2 Å². The minimum atomic E-state index is -1.02. The summed E-state index contributed by atoms with van der Waals surface area (Å²) in [6.07, 6.45) is -1.64. The SMILES string of the molecule is CCOC(=O)Nc1cccc(C(=O)OC(C)C(=O)Nc2cccc3ccccc23)c1. The van der Waals surface area contributed by atoms with Gasteiger partial charge in [0, 0.05) is 16.8 Å². The average Bonchev–Trinajstić information content (AvgIpc) is 2.74. The van der Waals surface area contributed by atoms with Crippen LogP contribution in [0.5, 0.6) is 0 Å². The molecule has 0 aliphatic rings. The number of carbonyl (C=O) groups excluding carboxylic acids is 3. The quantitative estimate of drug-likeness (QED) is 0.584. The molecule has 1 atom stereocenters. The van der Waals surface area contributed by atoms with Crippen molar-refractivity contribution in [1.82, 2.24) is 0 Å². The monoisotopic (exact) mass is 406 g/mol. The molecule has 7 heteroatoms. The lowest BCUT2D eigenvalue weighted by molar-refractivity contribution is -0.123. The van der Waals surface area contributed by atoms with Crippen LogP contribution in [-0.4, -0.2) is 30.7 Å². The average molecular weight is 406 g/mol. The van der Waals surface area contributed by atoms with Crippen molar-refractivity contribution in [1.29, 1.82) is 0 Å². The number of benzene rings is 3. The number of esters is 1. The third-order valence-corrected chi connectivity index (χ3v) is 4.32. The minimum absolute atomic E-state index is 0.203. The number of rotatable bonds is 6. The maximum atomic E-state index is 12.5. The van der Waals surface area contributed by atoms with Crippen LogP contribution in [0, 0.1) is 0 Å². The van der Waals surface area contributed by atoms with Gasteiger partial charge >= 0.3 is 12.1 Å². The van der Waals surface area contributed by atoms with E-state index in [9.17, 15) is 14.4 Å². The van der Waals surface area contributed by atoms with E-state index in [2.05, 4.69) is 10.6 Å². The highest BCUT2D eigenvalue weighted by Crippen LogP contribution is 2.23. The van der Waals surface area contributed by atoms with Gasteiger partial charge in [-0.25, -0.2) is 9.59 Å². The van der Waals surface area contributed by atoms with Gasteiger partial charge in [0.2, 0.25) is 0 Å². The zero-order chi connectivity index (χ0) is 21.5. The van der Waals surface area contributed by atoms with Crippen LogP contribution in [0.4, 0.5) is 16.2 Å². The molecule has 154 valence electrons. The first-order chi connectivity index (χ1) is 14.5. The van der Waals surface area contributed by atoms with Crippen LogP contribution in [0.15, 0.2) is 66.7 Å². The van der Waals surface area contributed by atoms with Crippen molar-refractivity contribution in [3.8, 4) is 0 Å². The minimum Gasteiger partial charge on any atom is -0.450 e. The molecule has 0 bridgehead atoms. The van der Waals surface area contributed by atoms with E-state index in [0.717, 1.165) is 10.8 Å². The van der Waals surface area contributed by atoms with Crippen LogP contribution < -0.4 is 10.6 Å². The highest BCUT2D eigenvalue weighted by molar-refractivity contribution is 6.04. The molecule has 0 aromatic heterocycles. The lowest BCUT2D eigenvalue weighted by Gasteiger charge is -2.15. The van der Waals surface area contributed by atoms with Crippen molar-refractivity contribution in [2.75, 3.05) is 17.2 Å². The fourth-order valence-corrected chi connectivity index (χ4v) is 2.86. The summed E-state index contributed by atoms with van der Waals surface area (Å²) in [6, 6.07) is 19.4. The maximum Gasteiger partial charge on any atom is 0.411 e. The Morgan fingerprint density at radius 1 is 0.933 bits per heavy atom. The van der Waals surface area contributed by atoms with Gasteiger partial charge in [0.25, 0.3) is 5.91 Å². The summed E-state index contributed by atoms with van der Waals surface area (Å²) < 4.78 is 10.1. The highest BCUT2D eigenvalue weighted by Gasteiger charge is 2.20. The van der Waals surface area contributed by atoms with E-state index in [0.29, 0.717) is 11.4 Å². The van der Waals surface area contributed by atoms with E-state index in [-0.39, 0.29) is 12.2 Å². The number of hydrogen-bond acceptors (Lipinski definition) is 5. The Hall–Kier alpha value is -3.87. The summed E-state index contributed by atoms with van der Waals surface area (Å²) in [5.74, 6) is -1.12. The zero-order valence-corrected chi connectivity index (χ0v) is 16.7. The Kier molecular flexibility index (Phi) is 6.64. The summed E-state index contributed by atoms with van der Waals surface area (Å²) in [5.41, 5.74) is 1.23. The third-order valence-electron chi connectivity index (χ3n) is 4.32. The van der Waals surface area contributed by atoms with Crippen molar-refractivity contribution in [3.63, 3.8) is 0 Å². The molecule has 0 aliphatic heterocycles. The van der Waals surface area contributed by atoms with E-state index < -0.39 is 24.1 Å². The van der Waals surface area contributed by atoms with Crippen LogP contribution in [0.2, 0.25) is 0 Å². The molecular weight excluding hydrogens is 384 g/mol. The molecule has 3 aromatic carbocycles. The van der Waals surface area contributed by atoms with Gasteiger partial charge in [-0.05, 0) is 43.5 Å². The summed E-state index contributed by atoms with van der Waals surface area (Å²) in [5, 5.41) is 7.20. The summed E-state index contributed by atoms with van der Waals surface area (Å²) in [6.45, 7) is 3.42. The van der Waals surface area contributed by atoms with Gasteiger partial charge in [-0.2, -0.15) is 0 Å². The Morgan fingerprint density at radius 2 is 1.67 bits per heavy atom. The van der Waals surface area contributed by atoms with Gasteiger partial charge < -0.3 is 14.8 Å². The molecule has 0 aliphatic carbocycles. The van der Waals surface area contributed by atoms with E-state index >= 15 is 0 Å². The van der Waals surface area contributed by atoms with E-state index in [1.807, 2.05) is 36.4 Å². The van der Waals surface area contributed by atoms with Crippen molar-refractivity contribution in [2.45, 2.75) is 20.0 Å².